The lowest BCUT2D eigenvalue weighted by molar-refractivity contribution is 0.0224. The normalized spacial score (nSPS) is 12.9. The van der Waals surface area contributed by atoms with Gasteiger partial charge in [0.2, 0.25) is 5.88 Å². The minimum absolute atomic E-state index is 0.283. The molecule has 0 radical (unpaired) electrons. The lowest BCUT2D eigenvalue weighted by atomic mass is 9.97. The van der Waals surface area contributed by atoms with Gasteiger partial charge in [-0.05, 0) is 68.0 Å². The average molecular weight is 442 g/mol. The van der Waals surface area contributed by atoms with E-state index in [1.165, 1.54) is 5.56 Å². The first-order valence-corrected chi connectivity index (χ1v) is 11.0. The summed E-state index contributed by atoms with van der Waals surface area (Å²) in [6, 6.07) is 19.6. The number of amides is 1. The Morgan fingerprint density at radius 1 is 1.00 bits per heavy atom. The van der Waals surface area contributed by atoms with Gasteiger partial charge in [0.1, 0.15) is 17.9 Å². The van der Waals surface area contributed by atoms with Crippen molar-refractivity contribution in [2.45, 2.75) is 45.9 Å². The standard InChI is InChI=1S/C27H27N3O3/c1-27(2,3)33-26(31)30-16-15-22-11-9-20(17-23(22)18-30)10-12-24-13-14-25(29-28-24)32-19-21-7-5-4-6-8-21/h4-9,11,13-14,17H,15-16,18-19H2,1-3H3. The maximum Gasteiger partial charge on any atom is 0.410 e. The summed E-state index contributed by atoms with van der Waals surface area (Å²) in [4.78, 5) is 14.2. The molecule has 0 fully saturated rings. The second kappa shape index (κ2) is 9.74. The largest absolute Gasteiger partial charge is 0.472 e. The van der Waals surface area contributed by atoms with Crippen LogP contribution in [0, 0.1) is 11.8 Å². The predicted octanol–water partition coefficient (Wildman–Crippen LogP) is 4.75. The van der Waals surface area contributed by atoms with E-state index in [1.54, 1.807) is 17.0 Å². The predicted molar refractivity (Wildman–Crippen MR) is 126 cm³/mol. The molecule has 0 saturated carbocycles. The number of carbonyl (C=O) groups is 1. The summed E-state index contributed by atoms with van der Waals surface area (Å²) < 4.78 is 11.2. The van der Waals surface area contributed by atoms with Crippen molar-refractivity contribution in [3.05, 3.63) is 88.6 Å². The van der Waals surface area contributed by atoms with E-state index in [1.807, 2.05) is 63.2 Å². The van der Waals surface area contributed by atoms with Crippen LogP contribution in [0.25, 0.3) is 0 Å². The van der Waals surface area contributed by atoms with Crippen LogP contribution in [0.2, 0.25) is 0 Å². The maximum absolute atomic E-state index is 12.4. The van der Waals surface area contributed by atoms with Gasteiger partial charge in [0, 0.05) is 24.7 Å². The fourth-order valence-electron chi connectivity index (χ4n) is 3.45. The highest BCUT2D eigenvalue weighted by atomic mass is 16.6. The average Bonchev–Trinajstić information content (AvgIpc) is 2.81. The van der Waals surface area contributed by atoms with E-state index in [2.05, 4.69) is 28.1 Å². The monoisotopic (exact) mass is 441 g/mol. The van der Waals surface area contributed by atoms with Crippen molar-refractivity contribution in [1.29, 1.82) is 0 Å². The Hall–Kier alpha value is -3.85. The number of ether oxygens (including phenoxy) is 2. The highest BCUT2D eigenvalue weighted by Crippen LogP contribution is 2.22. The molecule has 4 rings (SSSR count). The van der Waals surface area contributed by atoms with Crippen molar-refractivity contribution in [2.24, 2.45) is 0 Å². The summed E-state index contributed by atoms with van der Waals surface area (Å²) in [6.07, 6.45) is 0.521. The fraction of sp³-hybridized carbons (Fsp3) is 0.296. The van der Waals surface area contributed by atoms with Gasteiger partial charge >= 0.3 is 6.09 Å². The number of carbonyl (C=O) groups excluding carboxylic acids is 1. The molecule has 33 heavy (non-hydrogen) atoms. The van der Waals surface area contributed by atoms with Crippen molar-refractivity contribution >= 4 is 6.09 Å². The summed E-state index contributed by atoms with van der Waals surface area (Å²) in [5.74, 6) is 6.65. The van der Waals surface area contributed by atoms with Gasteiger partial charge in [-0.15, -0.1) is 10.2 Å². The third-order valence-corrected chi connectivity index (χ3v) is 5.07. The Balaban J connectivity index is 1.39. The quantitative estimate of drug-likeness (QED) is 0.549. The number of hydrogen-bond acceptors (Lipinski definition) is 5. The van der Waals surface area contributed by atoms with Gasteiger partial charge in [-0.3, -0.25) is 0 Å². The van der Waals surface area contributed by atoms with Gasteiger partial charge in [-0.25, -0.2) is 4.79 Å². The molecule has 0 saturated heterocycles. The Morgan fingerprint density at radius 2 is 1.82 bits per heavy atom. The lowest BCUT2D eigenvalue weighted by Crippen LogP contribution is -2.39. The summed E-state index contributed by atoms with van der Waals surface area (Å²) in [5, 5.41) is 8.25. The number of benzene rings is 2. The van der Waals surface area contributed by atoms with Crippen LogP contribution in [-0.2, 0) is 24.3 Å². The maximum atomic E-state index is 12.4. The SMILES string of the molecule is CC(C)(C)OC(=O)N1CCc2ccc(C#Cc3ccc(OCc4ccccc4)nn3)cc2C1. The third-order valence-electron chi connectivity index (χ3n) is 5.07. The summed E-state index contributed by atoms with van der Waals surface area (Å²) in [5.41, 5.74) is 4.32. The molecule has 168 valence electrons. The molecule has 3 aromatic rings. The fourth-order valence-corrected chi connectivity index (χ4v) is 3.45. The van der Waals surface area contributed by atoms with Crippen molar-refractivity contribution < 1.29 is 14.3 Å². The van der Waals surface area contributed by atoms with Crippen LogP contribution in [0.4, 0.5) is 4.79 Å². The smallest absolute Gasteiger partial charge is 0.410 e. The number of rotatable bonds is 3. The van der Waals surface area contributed by atoms with Crippen molar-refractivity contribution in [3.8, 4) is 17.7 Å². The van der Waals surface area contributed by atoms with Crippen LogP contribution in [0.3, 0.4) is 0 Å². The number of hydrogen-bond donors (Lipinski definition) is 0. The van der Waals surface area contributed by atoms with Crippen molar-refractivity contribution in [2.75, 3.05) is 6.54 Å². The molecule has 0 aliphatic carbocycles. The van der Waals surface area contributed by atoms with Crippen LogP contribution in [-0.4, -0.2) is 33.3 Å². The highest BCUT2D eigenvalue weighted by Gasteiger charge is 2.25. The molecular formula is C27H27N3O3. The van der Waals surface area contributed by atoms with Gasteiger partial charge in [0.15, 0.2) is 0 Å². The zero-order valence-electron chi connectivity index (χ0n) is 19.2. The second-order valence-electron chi connectivity index (χ2n) is 8.92. The zero-order chi connectivity index (χ0) is 23.3. The van der Waals surface area contributed by atoms with Crippen LogP contribution in [0.5, 0.6) is 5.88 Å². The number of fused-ring (bicyclic) bond motifs is 1. The summed E-state index contributed by atoms with van der Waals surface area (Å²) >= 11 is 0. The topological polar surface area (TPSA) is 64.5 Å². The molecule has 1 amide bonds. The molecule has 6 heteroatoms. The Labute approximate surface area is 194 Å². The van der Waals surface area contributed by atoms with Crippen LogP contribution in [0.15, 0.2) is 60.7 Å². The molecule has 2 aromatic carbocycles. The molecular weight excluding hydrogens is 414 g/mol. The molecule has 2 heterocycles. The summed E-state index contributed by atoms with van der Waals surface area (Å²) in [6.45, 7) is 7.24. The number of aromatic nitrogens is 2. The first kappa shape index (κ1) is 22.3. The van der Waals surface area contributed by atoms with Crippen LogP contribution >= 0.6 is 0 Å². The Morgan fingerprint density at radius 3 is 2.55 bits per heavy atom. The molecule has 0 unspecified atom stereocenters. The van der Waals surface area contributed by atoms with Gasteiger partial charge in [-0.1, -0.05) is 42.3 Å². The molecule has 1 aliphatic heterocycles. The second-order valence-corrected chi connectivity index (χ2v) is 8.92. The van der Waals surface area contributed by atoms with Crippen molar-refractivity contribution in [3.63, 3.8) is 0 Å². The minimum Gasteiger partial charge on any atom is -0.472 e. The van der Waals surface area contributed by atoms with E-state index in [4.69, 9.17) is 9.47 Å². The Kier molecular flexibility index (Phi) is 6.60. The lowest BCUT2D eigenvalue weighted by Gasteiger charge is -2.31. The van der Waals surface area contributed by atoms with Gasteiger partial charge in [0.05, 0.1) is 0 Å². The van der Waals surface area contributed by atoms with E-state index in [0.717, 1.165) is 23.1 Å². The van der Waals surface area contributed by atoms with Gasteiger partial charge < -0.3 is 14.4 Å². The highest BCUT2D eigenvalue weighted by molar-refractivity contribution is 5.68. The van der Waals surface area contributed by atoms with Crippen LogP contribution in [0.1, 0.15) is 48.7 Å². The molecule has 0 bridgehead atoms. The molecule has 6 nitrogen and oxygen atoms in total. The van der Waals surface area contributed by atoms with E-state index in [9.17, 15) is 4.79 Å². The van der Waals surface area contributed by atoms with Gasteiger partial charge in [0.25, 0.3) is 0 Å². The molecule has 1 aromatic heterocycles. The Bertz CT molecular complexity index is 1170. The van der Waals surface area contributed by atoms with Crippen molar-refractivity contribution in [1.82, 2.24) is 15.1 Å². The first-order valence-electron chi connectivity index (χ1n) is 11.0. The van der Waals surface area contributed by atoms with Gasteiger partial charge in [-0.2, -0.15) is 0 Å². The summed E-state index contributed by atoms with van der Waals surface area (Å²) in [7, 11) is 0. The van der Waals surface area contributed by atoms with E-state index in [0.29, 0.717) is 31.3 Å². The molecule has 1 aliphatic rings. The first-order chi connectivity index (χ1) is 15.9. The third kappa shape index (κ3) is 6.33. The number of nitrogens with zero attached hydrogens (tertiary/aromatic N) is 3. The minimum atomic E-state index is -0.506. The van der Waals surface area contributed by atoms with E-state index < -0.39 is 5.60 Å². The molecule has 0 atom stereocenters. The zero-order valence-corrected chi connectivity index (χ0v) is 19.2. The molecule has 0 spiro atoms. The van der Waals surface area contributed by atoms with Crippen LogP contribution < -0.4 is 4.74 Å². The van der Waals surface area contributed by atoms with E-state index in [-0.39, 0.29) is 6.09 Å². The molecule has 0 N–H and O–H groups in total. The van der Waals surface area contributed by atoms with E-state index >= 15 is 0 Å².